The quantitative estimate of drug-likeness (QED) is 0.877. The molecule has 2 heterocycles. The highest BCUT2D eigenvalue weighted by Crippen LogP contribution is 2.16. The number of nitrogens with zero attached hydrogens (tertiary/aromatic N) is 2. The van der Waals surface area contributed by atoms with E-state index in [0.717, 1.165) is 10.6 Å². The van der Waals surface area contributed by atoms with Gasteiger partial charge in [0.2, 0.25) is 0 Å². The number of carbonyl (C=O) groups is 1. The lowest BCUT2D eigenvalue weighted by Crippen LogP contribution is -2.25. The monoisotopic (exact) mass is 291 g/mol. The Morgan fingerprint density at radius 3 is 3.05 bits per heavy atom. The molecule has 19 heavy (non-hydrogen) atoms. The number of rotatable bonds is 3. The zero-order valence-corrected chi connectivity index (χ0v) is 12.1. The van der Waals surface area contributed by atoms with Crippen molar-refractivity contribution < 1.29 is 4.79 Å². The largest absolute Gasteiger partial charge is 0.336 e. The Morgan fingerprint density at radius 2 is 2.37 bits per heavy atom. The average molecular weight is 291 g/mol. The molecule has 0 spiro atoms. The van der Waals surface area contributed by atoms with Crippen LogP contribution in [0.4, 0.5) is 0 Å². The second-order valence-electron chi connectivity index (χ2n) is 3.85. The molecule has 0 radical (unpaired) electrons. The van der Waals surface area contributed by atoms with Gasteiger partial charge in [-0.2, -0.15) is 0 Å². The van der Waals surface area contributed by atoms with Crippen molar-refractivity contribution in [3.05, 3.63) is 38.5 Å². The molecule has 2 aromatic heterocycles. The fraction of sp³-hybridized carbons (Fsp3) is 0.231. The zero-order chi connectivity index (χ0) is 13.7. The summed E-state index contributed by atoms with van der Waals surface area (Å²) in [5.41, 5.74) is 8.64. The van der Waals surface area contributed by atoms with Crippen molar-refractivity contribution in [1.29, 1.82) is 0 Å². The van der Waals surface area contributed by atoms with E-state index in [2.05, 4.69) is 16.8 Å². The number of thiazole rings is 1. The third-order valence-electron chi connectivity index (χ3n) is 2.39. The first-order valence-electron chi connectivity index (χ1n) is 5.60. The van der Waals surface area contributed by atoms with Crippen LogP contribution in [0.5, 0.6) is 0 Å². The third kappa shape index (κ3) is 3.64. The summed E-state index contributed by atoms with van der Waals surface area (Å²) in [6.45, 7) is 0.840. The van der Waals surface area contributed by atoms with Crippen molar-refractivity contribution in [3.63, 3.8) is 0 Å². The van der Waals surface area contributed by atoms with Crippen molar-refractivity contribution in [2.75, 3.05) is 13.6 Å². The van der Waals surface area contributed by atoms with Crippen LogP contribution in [0.3, 0.4) is 0 Å². The maximum Gasteiger partial charge on any atom is 0.254 e. The summed E-state index contributed by atoms with van der Waals surface area (Å²) >= 11 is 2.98. The van der Waals surface area contributed by atoms with E-state index in [1.807, 2.05) is 10.8 Å². The Balaban J connectivity index is 2.04. The van der Waals surface area contributed by atoms with Crippen molar-refractivity contribution in [3.8, 4) is 11.8 Å². The van der Waals surface area contributed by atoms with Gasteiger partial charge in [0.25, 0.3) is 5.91 Å². The fourth-order valence-corrected chi connectivity index (χ4v) is 2.80. The number of thiophene rings is 1. The standard InChI is InChI=1S/C13H13N3OS2/c1-16(6-11-8-18-9-15-11)13(17)10-5-12(19-7-10)3-2-4-14/h5,7-9H,4,6,14H2,1H3. The molecule has 0 aliphatic rings. The number of amides is 1. The van der Waals surface area contributed by atoms with Crippen molar-refractivity contribution in [2.45, 2.75) is 6.54 Å². The lowest BCUT2D eigenvalue weighted by atomic mass is 10.2. The molecule has 0 bridgehead atoms. The van der Waals surface area contributed by atoms with E-state index in [0.29, 0.717) is 18.7 Å². The zero-order valence-electron chi connectivity index (χ0n) is 10.4. The molecule has 2 N–H and O–H groups in total. The molecule has 0 saturated heterocycles. The highest BCUT2D eigenvalue weighted by Gasteiger charge is 2.14. The van der Waals surface area contributed by atoms with Crippen molar-refractivity contribution in [1.82, 2.24) is 9.88 Å². The van der Waals surface area contributed by atoms with E-state index in [9.17, 15) is 4.79 Å². The molecule has 2 rings (SSSR count). The van der Waals surface area contributed by atoms with Crippen molar-refractivity contribution in [2.24, 2.45) is 5.73 Å². The molecular weight excluding hydrogens is 278 g/mol. The number of carbonyl (C=O) groups excluding carboxylic acids is 1. The van der Waals surface area contributed by atoms with Gasteiger partial charge in [-0.05, 0) is 6.07 Å². The molecular formula is C13H13N3OS2. The SMILES string of the molecule is CN(Cc1cscn1)C(=O)c1csc(C#CCN)c1. The number of hydrogen-bond acceptors (Lipinski definition) is 5. The summed E-state index contributed by atoms with van der Waals surface area (Å²) in [4.78, 5) is 18.9. The van der Waals surface area contributed by atoms with Gasteiger partial charge in [-0.25, -0.2) is 4.98 Å². The second kappa shape index (κ2) is 6.48. The molecule has 0 fully saturated rings. The molecule has 0 aromatic carbocycles. The van der Waals surface area contributed by atoms with Crippen LogP contribution in [-0.2, 0) is 6.54 Å². The molecule has 0 aliphatic carbocycles. The molecule has 4 nitrogen and oxygen atoms in total. The van der Waals surface area contributed by atoms with Gasteiger partial charge in [-0.15, -0.1) is 22.7 Å². The first-order valence-corrected chi connectivity index (χ1v) is 7.43. The van der Waals surface area contributed by atoms with Crippen LogP contribution in [-0.4, -0.2) is 29.4 Å². The second-order valence-corrected chi connectivity index (χ2v) is 5.48. The molecule has 2 aromatic rings. The maximum atomic E-state index is 12.2. The summed E-state index contributed by atoms with van der Waals surface area (Å²) in [5, 5.41) is 3.76. The van der Waals surface area contributed by atoms with E-state index in [-0.39, 0.29) is 5.91 Å². The predicted octanol–water partition coefficient (Wildman–Crippen LogP) is 1.79. The van der Waals surface area contributed by atoms with E-state index < -0.39 is 0 Å². The summed E-state index contributed by atoms with van der Waals surface area (Å²) < 4.78 is 0. The highest BCUT2D eigenvalue weighted by atomic mass is 32.1. The van der Waals surface area contributed by atoms with Gasteiger partial charge >= 0.3 is 0 Å². The Morgan fingerprint density at radius 1 is 1.53 bits per heavy atom. The van der Waals surface area contributed by atoms with E-state index in [1.54, 1.807) is 23.5 Å². The van der Waals surface area contributed by atoms with E-state index >= 15 is 0 Å². The molecule has 98 valence electrons. The van der Waals surface area contributed by atoms with Gasteiger partial charge < -0.3 is 10.6 Å². The van der Waals surface area contributed by atoms with Crippen LogP contribution in [0, 0.1) is 11.8 Å². The molecule has 0 atom stereocenters. The minimum atomic E-state index is -0.0231. The van der Waals surface area contributed by atoms with E-state index in [4.69, 9.17) is 5.73 Å². The fourth-order valence-electron chi connectivity index (χ4n) is 1.50. The first-order chi connectivity index (χ1) is 9.20. The number of nitrogens with two attached hydrogens (primary N) is 1. The van der Waals surface area contributed by atoms with Crippen LogP contribution in [0.2, 0.25) is 0 Å². The molecule has 0 aliphatic heterocycles. The summed E-state index contributed by atoms with van der Waals surface area (Å²) in [6.07, 6.45) is 0. The van der Waals surface area contributed by atoms with Crippen LogP contribution in [0.15, 0.2) is 22.3 Å². The first kappa shape index (κ1) is 13.7. The molecule has 6 heteroatoms. The summed E-state index contributed by atoms with van der Waals surface area (Å²) in [7, 11) is 1.77. The topological polar surface area (TPSA) is 59.2 Å². The predicted molar refractivity (Wildman–Crippen MR) is 78.2 cm³/mol. The van der Waals surface area contributed by atoms with Crippen LogP contribution in [0.25, 0.3) is 0 Å². The van der Waals surface area contributed by atoms with Crippen molar-refractivity contribution >= 4 is 28.6 Å². The van der Waals surface area contributed by atoms with Gasteiger partial charge in [0.05, 0.1) is 34.7 Å². The van der Waals surface area contributed by atoms with Gasteiger partial charge in [-0.3, -0.25) is 4.79 Å². The smallest absolute Gasteiger partial charge is 0.254 e. The highest BCUT2D eigenvalue weighted by molar-refractivity contribution is 7.10. The maximum absolute atomic E-state index is 12.2. The lowest BCUT2D eigenvalue weighted by molar-refractivity contribution is 0.0784. The van der Waals surface area contributed by atoms with Gasteiger partial charge in [0, 0.05) is 17.8 Å². The minimum Gasteiger partial charge on any atom is -0.336 e. The minimum absolute atomic E-state index is 0.0231. The summed E-state index contributed by atoms with van der Waals surface area (Å²) in [6, 6.07) is 1.80. The van der Waals surface area contributed by atoms with Crippen LogP contribution >= 0.6 is 22.7 Å². The Kier molecular flexibility index (Phi) is 4.68. The third-order valence-corrected chi connectivity index (χ3v) is 3.87. The van der Waals surface area contributed by atoms with Gasteiger partial charge in [0.15, 0.2) is 0 Å². The summed E-state index contributed by atoms with van der Waals surface area (Å²) in [5.74, 6) is 5.68. The molecule has 1 amide bonds. The lowest BCUT2D eigenvalue weighted by Gasteiger charge is -2.14. The Hall–Kier alpha value is -1.68. The van der Waals surface area contributed by atoms with Crippen LogP contribution in [0.1, 0.15) is 20.9 Å². The number of aromatic nitrogens is 1. The number of hydrogen-bond donors (Lipinski definition) is 1. The normalized spacial score (nSPS) is 9.79. The average Bonchev–Trinajstić information content (AvgIpc) is 3.06. The Bertz CT molecular complexity index is 607. The van der Waals surface area contributed by atoms with Gasteiger partial charge in [-0.1, -0.05) is 11.8 Å². The van der Waals surface area contributed by atoms with Crippen LogP contribution < -0.4 is 5.73 Å². The molecule has 0 saturated carbocycles. The van der Waals surface area contributed by atoms with Gasteiger partial charge in [0.1, 0.15) is 0 Å². The Labute approximate surface area is 119 Å². The molecule has 0 unspecified atom stereocenters. The van der Waals surface area contributed by atoms with E-state index in [1.165, 1.54) is 22.7 Å².